The van der Waals surface area contributed by atoms with Gasteiger partial charge in [0.25, 0.3) is 5.56 Å². The molecule has 11 nitrogen and oxygen atoms in total. The molecule has 13 heteroatoms. The number of carbonyl (C=O) groups excluding carboxylic acids is 3. The molecule has 198 valence electrons. The van der Waals surface area contributed by atoms with E-state index in [9.17, 15) is 23.6 Å². The fourth-order valence-corrected chi connectivity index (χ4v) is 4.07. The van der Waals surface area contributed by atoms with E-state index in [-0.39, 0.29) is 35.9 Å². The van der Waals surface area contributed by atoms with E-state index < -0.39 is 41.4 Å². The van der Waals surface area contributed by atoms with Gasteiger partial charge in [-0.25, -0.2) is 14.2 Å². The summed E-state index contributed by atoms with van der Waals surface area (Å²) in [7, 11) is 1.47. The van der Waals surface area contributed by atoms with Crippen LogP contribution in [0.4, 0.5) is 20.7 Å². The van der Waals surface area contributed by atoms with Crippen molar-refractivity contribution in [2.45, 2.75) is 25.5 Å². The second kappa shape index (κ2) is 11.4. The summed E-state index contributed by atoms with van der Waals surface area (Å²) in [5, 5.41) is 5.51. The van der Waals surface area contributed by atoms with Gasteiger partial charge in [0, 0.05) is 45.5 Å². The fourth-order valence-electron chi connectivity index (χ4n) is 3.95. The molecule has 2 N–H and O–H groups in total. The van der Waals surface area contributed by atoms with Crippen molar-refractivity contribution in [1.82, 2.24) is 14.5 Å². The molecule has 3 amide bonds. The molecule has 0 spiro atoms. The second-order valence-corrected chi connectivity index (χ2v) is 8.78. The Hall–Kier alpha value is -4.29. The Morgan fingerprint density at radius 2 is 1.95 bits per heavy atom. The molecule has 3 heterocycles. The third kappa shape index (κ3) is 5.98. The summed E-state index contributed by atoms with van der Waals surface area (Å²) >= 11 is 5.82. The highest BCUT2D eigenvalue weighted by Gasteiger charge is 2.40. The summed E-state index contributed by atoms with van der Waals surface area (Å²) in [4.78, 5) is 55.1. The Morgan fingerprint density at radius 1 is 1.16 bits per heavy atom. The van der Waals surface area contributed by atoms with E-state index in [0.29, 0.717) is 5.02 Å². The van der Waals surface area contributed by atoms with Crippen molar-refractivity contribution < 1.29 is 28.2 Å². The third-order valence-electron chi connectivity index (χ3n) is 5.78. The molecule has 1 saturated heterocycles. The lowest BCUT2D eigenvalue weighted by Crippen LogP contribution is -2.45. The number of carbonyl (C=O) groups is 3. The van der Waals surface area contributed by atoms with Gasteiger partial charge in [-0.05, 0) is 36.4 Å². The van der Waals surface area contributed by atoms with Crippen LogP contribution < -0.4 is 20.9 Å². The van der Waals surface area contributed by atoms with Gasteiger partial charge in [0.1, 0.15) is 17.7 Å². The summed E-state index contributed by atoms with van der Waals surface area (Å²) in [6, 6.07) is 8.10. The van der Waals surface area contributed by atoms with Gasteiger partial charge >= 0.3 is 12.0 Å². The quantitative estimate of drug-likeness (QED) is 0.456. The van der Waals surface area contributed by atoms with Crippen LogP contribution in [0.25, 0.3) is 5.69 Å². The number of amides is 3. The zero-order valence-corrected chi connectivity index (χ0v) is 21.1. The van der Waals surface area contributed by atoms with E-state index in [2.05, 4.69) is 15.6 Å². The van der Waals surface area contributed by atoms with Crippen LogP contribution in [-0.2, 0) is 14.3 Å². The number of halogens is 2. The van der Waals surface area contributed by atoms with Gasteiger partial charge in [0.05, 0.1) is 22.5 Å². The summed E-state index contributed by atoms with van der Waals surface area (Å²) < 4.78 is 26.3. The lowest BCUT2D eigenvalue weighted by Gasteiger charge is -2.24. The van der Waals surface area contributed by atoms with Crippen LogP contribution in [0.2, 0.25) is 5.02 Å². The Kier molecular flexibility index (Phi) is 8.03. The molecule has 1 fully saturated rings. The molecule has 4 rings (SSSR count). The number of methoxy groups -OCH3 is 1. The zero-order chi connectivity index (χ0) is 27.4. The van der Waals surface area contributed by atoms with E-state index in [1.54, 1.807) is 6.07 Å². The Bertz CT molecular complexity index is 1430. The van der Waals surface area contributed by atoms with Crippen molar-refractivity contribution >= 4 is 41.0 Å². The largest absolute Gasteiger partial charge is 0.421 e. The fraction of sp³-hybridized carbons (Fsp3) is 0.240. The number of hydrogen-bond acceptors (Lipinski definition) is 7. The topological polar surface area (TPSA) is 132 Å². The predicted octanol–water partition coefficient (Wildman–Crippen LogP) is 3.21. The number of anilines is 2. The monoisotopic (exact) mass is 543 g/mol. The maximum absolute atomic E-state index is 15.0. The van der Waals surface area contributed by atoms with Gasteiger partial charge in [-0.1, -0.05) is 11.6 Å². The molecule has 38 heavy (non-hydrogen) atoms. The number of esters is 1. The van der Waals surface area contributed by atoms with Crippen molar-refractivity contribution in [3.8, 4) is 11.4 Å². The highest BCUT2D eigenvalue weighted by atomic mass is 35.5. The summed E-state index contributed by atoms with van der Waals surface area (Å²) in [5.41, 5.74) is -0.660. The van der Waals surface area contributed by atoms with Crippen LogP contribution >= 0.6 is 11.6 Å². The Balaban J connectivity index is 1.51. The summed E-state index contributed by atoms with van der Waals surface area (Å²) in [6.07, 6.45) is 2.55. The van der Waals surface area contributed by atoms with E-state index in [1.165, 1.54) is 54.7 Å². The lowest BCUT2D eigenvalue weighted by atomic mass is 10.1. The molecule has 0 aliphatic carbocycles. The minimum Gasteiger partial charge on any atom is -0.421 e. The van der Waals surface area contributed by atoms with Gasteiger partial charge in [-0.2, -0.15) is 0 Å². The minimum absolute atomic E-state index is 0.136. The smallest absolute Gasteiger partial charge is 0.323 e. The maximum atomic E-state index is 15.0. The van der Waals surface area contributed by atoms with Crippen molar-refractivity contribution in [3.63, 3.8) is 0 Å². The summed E-state index contributed by atoms with van der Waals surface area (Å²) in [5.74, 6) is -2.07. The number of pyridine rings is 2. The van der Waals surface area contributed by atoms with Crippen LogP contribution in [-0.4, -0.2) is 58.2 Å². The Labute approximate surface area is 221 Å². The molecule has 1 aliphatic rings. The number of likely N-dealkylation sites (tertiary alicyclic amines) is 1. The van der Waals surface area contributed by atoms with Crippen LogP contribution in [0, 0.1) is 5.82 Å². The molecule has 2 aromatic heterocycles. The van der Waals surface area contributed by atoms with Crippen LogP contribution in [0.1, 0.15) is 13.3 Å². The number of urea groups is 1. The van der Waals surface area contributed by atoms with E-state index in [4.69, 9.17) is 21.1 Å². The SMILES string of the molecule is CO[C@@H]1C[C@H](C(=O)Nc2ccc(-n3cccc(OC(C)=O)c3=O)cc2F)N(C(=O)Nc2ccc(Cl)cn2)C1. The number of nitrogens with zero attached hydrogens (tertiary/aromatic N) is 3. The molecule has 2 atom stereocenters. The molecule has 0 bridgehead atoms. The molecule has 3 aromatic rings. The number of ether oxygens (including phenoxy) is 2. The van der Waals surface area contributed by atoms with Crippen LogP contribution in [0.15, 0.2) is 59.7 Å². The van der Waals surface area contributed by atoms with Crippen molar-refractivity contribution in [2.24, 2.45) is 0 Å². The first kappa shape index (κ1) is 26.8. The number of hydrogen-bond donors (Lipinski definition) is 2. The lowest BCUT2D eigenvalue weighted by molar-refractivity contribution is -0.132. The second-order valence-electron chi connectivity index (χ2n) is 8.35. The first-order valence-electron chi connectivity index (χ1n) is 11.4. The zero-order valence-electron chi connectivity index (χ0n) is 20.3. The molecular formula is C25H23ClFN5O6. The average molecular weight is 544 g/mol. The van der Waals surface area contributed by atoms with E-state index in [1.807, 2.05) is 0 Å². The number of benzene rings is 1. The minimum atomic E-state index is -0.950. The summed E-state index contributed by atoms with van der Waals surface area (Å²) in [6.45, 7) is 1.30. The first-order valence-corrected chi connectivity index (χ1v) is 11.8. The highest BCUT2D eigenvalue weighted by molar-refractivity contribution is 6.30. The number of rotatable bonds is 6. The van der Waals surface area contributed by atoms with Gasteiger partial charge in [0.2, 0.25) is 5.91 Å². The normalized spacial score (nSPS) is 16.7. The standard InChI is InChI=1S/C25H23ClFN5O6/c1-14(33)38-21-4-3-9-31(24(21)35)16-6-7-19(18(27)10-16)29-23(34)20-11-17(37-2)13-32(20)25(36)30-22-8-5-15(26)12-28-22/h3-10,12,17,20H,11,13H2,1-2H3,(H,29,34)(H,28,30,36)/t17-,20-/m1/s1. The van der Waals surface area contributed by atoms with Crippen molar-refractivity contribution in [2.75, 3.05) is 24.3 Å². The molecule has 1 aliphatic heterocycles. The number of aromatic nitrogens is 2. The van der Waals surface area contributed by atoms with E-state index in [0.717, 1.165) is 17.6 Å². The molecule has 0 radical (unpaired) electrons. The van der Waals surface area contributed by atoms with Gasteiger partial charge in [-0.3, -0.25) is 24.3 Å². The third-order valence-corrected chi connectivity index (χ3v) is 6.00. The van der Waals surface area contributed by atoms with Gasteiger partial charge < -0.3 is 19.7 Å². The molecule has 0 saturated carbocycles. The van der Waals surface area contributed by atoms with Gasteiger partial charge in [0.15, 0.2) is 5.75 Å². The first-order chi connectivity index (χ1) is 18.2. The van der Waals surface area contributed by atoms with E-state index >= 15 is 0 Å². The van der Waals surface area contributed by atoms with Crippen molar-refractivity contribution in [1.29, 1.82) is 0 Å². The molecule has 1 aromatic carbocycles. The van der Waals surface area contributed by atoms with Crippen LogP contribution in [0.5, 0.6) is 5.75 Å². The van der Waals surface area contributed by atoms with Gasteiger partial charge in [-0.15, -0.1) is 0 Å². The highest BCUT2D eigenvalue weighted by Crippen LogP contribution is 2.25. The molecular weight excluding hydrogens is 521 g/mol. The van der Waals surface area contributed by atoms with Crippen LogP contribution in [0.3, 0.4) is 0 Å². The van der Waals surface area contributed by atoms with Crippen molar-refractivity contribution in [3.05, 3.63) is 76.1 Å². The maximum Gasteiger partial charge on any atom is 0.323 e. The average Bonchev–Trinajstić information content (AvgIpc) is 3.33. The number of nitrogens with one attached hydrogen (secondary N) is 2. The predicted molar refractivity (Wildman–Crippen MR) is 136 cm³/mol. The molecule has 0 unspecified atom stereocenters. The Morgan fingerprint density at radius 3 is 2.61 bits per heavy atom.